The maximum Gasteiger partial charge on any atom is 0.258 e. The largest absolute Gasteiger partial charge is 0.484 e. The summed E-state index contributed by atoms with van der Waals surface area (Å²) in [5, 5.41) is 4.60. The summed E-state index contributed by atoms with van der Waals surface area (Å²) in [6, 6.07) is 22.4. The first-order valence-electron chi connectivity index (χ1n) is 11.2. The van der Waals surface area contributed by atoms with Gasteiger partial charge in [-0.15, -0.1) is 0 Å². The van der Waals surface area contributed by atoms with Crippen molar-refractivity contribution < 1.29 is 13.9 Å². The number of benzene rings is 3. The van der Waals surface area contributed by atoms with Crippen LogP contribution in [0.2, 0.25) is 0 Å². The third-order valence-corrected chi connectivity index (χ3v) is 5.81. The highest BCUT2D eigenvalue weighted by atomic mass is 16.5. The Bertz CT molecular complexity index is 1520. The Hall–Kier alpha value is -4.32. The zero-order valence-electron chi connectivity index (χ0n) is 18.7. The quantitative estimate of drug-likeness (QED) is 0.361. The van der Waals surface area contributed by atoms with Gasteiger partial charge in [-0.25, -0.2) is 0 Å². The van der Waals surface area contributed by atoms with Crippen LogP contribution >= 0.6 is 0 Å². The number of H-pyrrole nitrogens is 1. The maximum atomic E-state index is 12.9. The number of aromatic amines is 1. The van der Waals surface area contributed by atoms with Crippen molar-refractivity contribution in [3.63, 3.8) is 0 Å². The molecule has 0 bridgehead atoms. The first-order valence-corrected chi connectivity index (χ1v) is 11.2. The molecule has 3 aromatic carbocycles. The number of ether oxygens (including phenoxy) is 1. The van der Waals surface area contributed by atoms with Gasteiger partial charge in [0.05, 0.1) is 10.9 Å². The van der Waals surface area contributed by atoms with E-state index in [4.69, 9.17) is 9.15 Å². The van der Waals surface area contributed by atoms with E-state index in [1.165, 1.54) is 6.26 Å². The number of para-hydroxylation sites is 1. The molecule has 0 aliphatic carbocycles. The summed E-state index contributed by atoms with van der Waals surface area (Å²) in [5.41, 5.74) is 3.85. The molecule has 0 spiro atoms. The van der Waals surface area contributed by atoms with Crippen molar-refractivity contribution in [3.05, 3.63) is 101 Å². The van der Waals surface area contributed by atoms with Crippen molar-refractivity contribution >= 4 is 27.8 Å². The molecule has 0 radical (unpaired) electrons. The number of amides is 1. The predicted octanol–water partition coefficient (Wildman–Crippen LogP) is 5.07. The molecule has 1 atom stereocenters. The fourth-order valence-corrected chi connectivity index (χ4v) is 4.16. The van der Waals surface area contributed by atoms with Crippen molar-refractivity contribution in [1.29, 1.82) is 0 Å². The molecule has 2 N–H and O–H groups in total. The van der Waals surface area contributed by atoms with E-state index in [1.54, 1.807) is 18.2 Å². The van der Waals surface area contributed by atoms with Gasteiger partial charge in [-0.2, -0.15) is 0 Å². The summed E-state index contributed by atoms with van der Waals surface area (Å²) >= 11 is 0. The fourth-order valence-electron chi connectivity index (χ4n) is 4.16. The summed E-state index contributed by atoms with van der Waals surface area (Å²) in [5.74, 6) is 0.246. The molecule has 0 saturated heterocycles. The van der Waals surface area contributed by atoms with Crippen LogP contribution in [0.15, 0.2) is 94.5 Å². The van der Waals surface area contributed by atoms with Gasteiger partial charge in [-0.1, -0.05) is 48.5 Å². The molecule has 2 aromatic heterocycles. The minimum atomic E-state index is -0.215. The van der Waals surface area contributed by atoms with Crippen LogP contribution in [0.4, 0.5) is 0 Å². The first-order chi connectivity index (χ1) is 16.6. The average molecular weight is 453 g/mol. The molecule has 34 heavy (non-hydrogen) atoms. The summed E-state index contributed by atoms with van der Waals surface area (Å²) in [7, 11) is 0. The highest BCUT2D eigenvalue weighted by molar-refractivity contribution is 5.84. The summed E-state index contributed by atoms with van der Waals surface area (Å²) in [6.45, 7) is 1.84. The maximum absolute atomic E-state index is 12.9. The third kappa shape index (κ3) is 4.43. The molecule has 0 aliphatic heterocycles. The van der Waals surface area contributed by atoms with E-state index in [2.05, 4.69) is 16.4 Å². The molecule has 5 rings (SSSR count). The van der Waals surface area contributed by atoms with E-state index in [0.717, 1.165) is 22.0 Å². The molecule has 6 heteroatoms. The predicted molar refractivity (Wildman–Crippen MR) is 133 cm³/mol. The topological polar surface area (TPSA) is 84.3 Å². The Morgan fingerprint density at radius 2 is 1.82 bits per heavy atom. The van der Waals surface area contributed by atoms with Crippen LogP contribution in [0, 0.1) is 0 Å². The van der Waals surface area contributed by atoms with Gasteiger partial charge in [0.15, 0.2) is 12.0 Å². The van der Waals surface area contributed by atoms with Gasteiger partial charge in [0.2, 0.25) is 0 Å². The van der Waals surface area contributed by atoms with Gasteiger partial charge in [0.25, 0.3) is 5.91 Å². The van der Waals surface area contributed by atoms with Crippen LogP contribution in [0.1, 0.15) is 12.5 Å². The lowest BCUT2D eigenvalue weighted by Crippen LogP contribution is -2.37. The van der Waals surface area contributed by atoms with Crippen LogP contribution < -0.4 is 15.5 Å². The Kier molecular flexibility index (Phi) is 5.87. The molecule has 6 nitrogen and oxygen atoms in total. The Morgan fingerprint density at radius 3 is 2.68 bits per heavy atom. The third-order valence-electron chi connectivity index (χ3n) is 5.81. The standard InChI is InChI=1S/C28H24N2O4/c1-18(13-20-15-29-25-10-6-5-9-22(20)25)30-27(31)17-33-21-11-12-23-26(14-21)34-16-24(28(23)32)19-7-3-2-4-8-19/h2-12,14-16,18,29H,13,17H2,1H3,(H,30,31). The number of carbonyl (C=O) groups excluding carboxylic acids is 1. The average Bonchev–Trinajstić information content (AvgIpc) is 3.26. The Balaban J connectivity index is 1.22. The van der Waals surface area contributed by atoms with Crippen molar-refractivity contribution in [2.75, 3.05) is 6.61 Å². The lowest BCUT2D eigenvalue weighted by Gasteiger charge is -2.14. The molecule has 1 unspecified atom stereocenters. The van der Waals surface area contributed by atoms with Crippen LogP contribution in [0.3, 0.4) is 0 Å². The van der Waals surface area contributed by atoms with E-state index in [1.807, 2.05) is 61.7 Å². The second kappa shape index (κ2) is 9.27. The number of hydrogen-bond donors (Lipinski definition) is 2. The second-order valence-corrected chi connectivity index (χ2v) is 8.32. The number of hydrogen-bond acceptors (Lipinski definition) is 4. The van der Waals surface area contributed by atoms with Gasteiger partial charge >= 0.3 is 0 Å². The van der Waals surface area contributed by atoms with E-state index in [9.17, 15) is 9.59 Å². The van der Waals surface area contributed by atoms with E-state index < -0.39 is 0 Å². The van der Waals surface area contributed by atoms with E-state index in [-0.39, 0.29) is 24.0 Å². The first kappa shape index (κ1) is 21.5. The molecule has 2 heterocycles. The van der Waals surface area contributed by atoms with E-state index >= 15 is 0 Å². The van der Waals surface area contributed by atoms with Gasteiger partial charge in [0, 0.05) is 29.2 Å². The summed E-state index contributed by atoms with van der Waals surface area (Å²) in [4.78, 5) is 28.5. The highest BCUT2D eigenvalue weighted by Gasteiger charge is 2.13. The lowest BCUT2D eigenvalue weighted by atomic mass is 10.1. The molecule has 1 amide bonds. The number of aromatic nitrogens is 1. The van der Waals surface area contributed by atoms with E-state index in [0.29, 0.717) is 28.7 Å². The van der Waals surface area contributed by atoms with Crippen molar-refractivity contribution in [2.24, 2.45) is 0 Å². The summed E-state index contributed by atoms with van der Waals surface area (Å²) < 4.78 is 11.4. The highest BCUT2D eigenvalue weighted by Crippen LogP contribution is 2.23. The number of nitrogens with one attached hydrogen (secondary N) is 2. The molecule has 0 fully saturated rings. The van der Waals surface area contributed by atoms with Crippen LogP contribution in [0.25, 0.3) is 33.0 Å². The molecular formula is C28H24N2O4. The molecular weight excluding hydrogens is 428 g/mol. The van der Waals surface area contributed by atoms with Gasteiger partial charge < -0.3 is 19.5 Å². The molecule has 0 saturated carbocycles. The number of fused-ring (bicyclic) bond motifs is 2. The SMILES string of the molecule is CC(Cc1c[nH]c2ccccc12)NC(=O)COc1ccc2c(=O)c(-c3ccccc3)coc2c1. The lowest BCUT2D eigenvalue weighted by molar-refractivity contribution is -0.123. The Labute approximate surface area is 196 Å². The molecule has 0 aliphatic rings. The summed E-state index contributed by atoms with van der Waals surface area (Å²) in [6.07, 6.45) is 4.15. The van der Waals surface area contributed by atoms with Crippen LogP contribution in [0.5, 0.6) is 5.75 Å². The van der Waals surface area contributed by atoms with Crippen molar-refractivity contribution in [3.8, 4) is 16.9 Å². The van der Waals surface area contributed by atoms with Gasteiger partial charge in [0.1, 0.15) is 17.6 Å². The smallest absolute Gasteiger partial charge is 0.258 e. The number of rotatable bonds is 7. The van der Waals surface area contributed by atoms with Gasteiger partial charge in [-0.3, -0.25) is 9.59 Å². The Morgan fingerprint density at radius 1 is 1.03 bits per heavy atom. The monoisotopic (exact) mass is 452 g/mol. The number of carbonyl (C=O) groups is 1. The minimum Gasteiger partial charge on any atom is -0.484 e. The zero-order chi connectivity index (χ0) is 23.5. The fraction of sp³-hybridized carbons (Fsp3) is 0.143. The van der Waals surface area contributed by atoms with Gasteiger partial charge in [-0.05, 0) is 42.7 Å². The van der Waals surface area contributed by atoms with Crippen molar-refractivity contribution in [1.82, 2.24) is 10.3 Å². The van der Waals surface area contributed by atoms with Crippen LogP contribution in [-0.4, -0.2) is 23.5 Å². The second-order valence-electron chi connectivity index (χ2n) is 8.32. The minimum absolute atomic E-state index is 0.0543. The zero-order valence-corrected chi connectivity index (χ0v) is 18.7. The van der Waals surface area contributed by atoms with Crippen molar-refractivity contribution in [2.45, 2.75) is 19.4 Å². The molecule has 170 valence electrons. The normalized spacial score (nSPS) is 12.0. The molecule has 5 aromatic rings. The van der Waals surface area contributed by atoms with Crippen LogP contribution in [-0.2, 0) is 11.2 Å².